The molecule has 0 radical (unpaired) electrons. The van der Waals surface area contributed by atoms with E-state index in [9.17, 15) is 17.6 Å². The molecule has 9 nitrogen and oxygen atoms in total. The van der Waals surface area contributed by atoms with Crippen LogP contribution in [0.1, 0.15) is 21.5 Å². The van der Waals surface area contributed by atoms with Gasteiger partial charge in [0, 0.05) is 36.4 Å². The van der Waals surface area contributed by atoms with Gasteiger partial charge in [-0.3, -0.25) is 9.52 Å². The molecular formula is C19H15F2N5O4S. The van der Waals surface area contributed by atoms with Crippen LogP contribution in [0, 0.1) is 23.0 Å². The number of nitrogens with zero attached hydrogens (tertiary/aromatic N) is 3. The first-order valence-corrected chi connectivity index (χ1v) is 10.5. The summed E-state index contributed by atoms with van der Waals surface area (Å²) in [5, 5.41) is 9.25. The lowest BCUT2D eigenvalue weighted by molar-refractivity contribution is 0.0733. The van der Waals surface area contributed by atoms with Crippen LogP contribution >= 0.6 is 0 Å². The second-order valence-electron chi connectivity index (χ2n) is 6.67. The zero-order chi connectivity index (χ0) is 22.2. The Kier molecular flexibility index (Phi) is 5.40. The van der Waals surface area contributed by atoms with Gasteiger partial charge in [0.05, 0.1) is 30.0 Å². The molecule has 1 aromatic carbocycles. The number of aromatic nitrogens is 2. The quantitative estimate of drug-likeness (QED) is 0.575. The number of pyridine rings is 1. The molecule has 0 amide bonds. The molecular weight excluding hydrogens is 432 g/mol. The maximum Gasteiger partial charge on any atom is 0.301 e. The predicted octanol–water partition coefficient (Wildman–Crippen LogP) is 1.93. The number of rotatable bonds is 5. The van der Waals surface area contributed by atoms with Crippen LogP contribution in [-0.2, 0) is 14.9 Å². The number of hydrogen-bond donors (Lipinski definition) is 2. The largest absolute Gasteiger partial charge is 0.379 e. The molecule has 0 aliphatic carbocycles. The first kappa shape index (κ1) is 20.9. The molecule has 4 rings (SSSR count). The first-order chi connectivity index (χ1) is 14.8. The Labute approximate surface area is 175 Å². The second-order valence-corrected chi connectivity index (χ2v) is 8.34. The monoisotopic (exact) mass is 447 g/mol. The molecule has 1 aliphatic heterocycles. The maximum absolute atomic E-state index is 15.1. The van der Waals surface area contributed by atoms with Crippen molar-refractivity contribution in [2.75, 3.05) is 31.0 Å². The molecule has 0 bridgehead atoms. The van der Waals surface area contributed by atoms with Crippen LogP contribution in [0.2, 0.25) is 0 Å². The van der Waals surface area contributed by atoms with Crippen LogP contribution in [0.3, 0.4) is 0 Å². The molecule has 2 N–H and O–H groups in total. The SMILES string of the molecule is N#Cc1cnc2[nH]cc(C(=O)c3c(F)ccc(NS(=O)(=O)N4CCOCC4)c3F)c2c1. The van der Waals surface area contributed by atoms with Crippen LogP contribution in [0.15, 0.2) is 30.6 Å². The van der Waals surface area contributed by atoms with Gasteiger partial charge in [-0.25, -0.2) is 13.8 Å². The average Bonchev–Trinajstić information content (AvgIpc) is 3.19. The Hall–Kier alpha value is -3.40. The fourth-order valence-electron chi connectivity index (χ4n) is 3.22. The number of ketones is 1. The summed E-state index contributed by atoms with van der Waals surface area (Å²) in [5.74, 6) is -3.53. The van der Waals surface area contributed by atoms with E-state index in [1.54, 1.807) is 0 Å². The van der Waals surface area contributed by atoms with Crippen molar-refractivity contribution >= 4 is 32.7 Å². The van der Waals surface area contributed by atoms with Gasteiger partial charge in [0.1, 0.15) is 17.5 Å². The molecule has 160 valence electrons. The van der Waals surface area contributed by atoms with Crippen LogP contribution in [0.5, 0.6) is 0 Å². The lowest BCUT2D eigenvalue weighted by atomic mass is 10.0. The number of morpholine rings is 1. The van der Waals surface area contributed by atoms with Crippen molar-refractivity contribution in [3.05, 3.63) is 58.9 Å². The van der Waals surface area contributed by atoms with Gasteiger partial charge in [-0.1, -0.05) is 0 Å². The molecule has 0 saturated carbocycles. The molecule has 3 heterocycles. The van der Waals surface area contributed by atoms with E-state index in [2.05, 4.69) is 14.7 Å². The smallest absolute Gasteiger partial charge is 0.301 e. The molecule has 1 aliphatic rings. The van der Waals surface area contributed by atoms with Gasteiger partial charge in [0.25, 0.3) is 0 Å². The summed E-state index contributed by atoms with van der Waals surface area (Å²) in [7, 11) is -4.13. The number of hydrogen-bond acceptors (Lipinski definition) is 6. The Morgan fingerprint density at radius 3 is 2.74 bits per heavy atom. The van der Waals surface area contributed by atoms with Crippen molar-refractivity contribution in [1.29, 1.82) is 5.26 Å². The number of anilines is 1. The summed E-state index contributed by atoms with van der Waals surface area (Å²) in [6, 6.07) is 4.96. The number of H-pyrrole nitrogens is 1. The Bertz CT molecular complexity index is 1330. The van der Waals surface area contributed by atoms with Gasteiger partial charge in [-0.05, 0) is 18.2 Å². The highest BCUT2D eigenvalue weighted by molar-refractivity contribution is 7.90. The third kappa shape index (κ3) is 3.86. The molecule has 1 fully saturated rings. The summed E-state index contributed by atoms with van der Waals surface area (Å²) in [6.45, 7) is 0.534. The zero-order valence-electron chi connectivity index (χ0n) is 15.9. The highest BCUT2D eigenvalue weighted by Gasteiger charge is 2.29. The van der Waals surface area contributed by atoms with Crippen LogP contribution in [0.4, 0.5) is 14.5 Å². The minimum absolute atomic E-state index is 0.0769. The lowest BCUT2D eigenvalue weighted by Crippen LogP contribution is -2.43. The van der Waals surface area contributed by atoms with E-state index in [1.807, 2.05) is 6.07 Å². The third-order valence-electron chi connectivity index (χ3n) is 4.77. The molecule has 1 saturated heterocycles. The summed E-state index contributed by atoms with van der Waals surface area (Å²) < 4.78 is 62.8. The number of aromatic amines is 1. The molecule has 3 aromatic rings. The molecule has 0 spiro atoms. The highest BCUT2D eigenvalue weighted by atomic mass is 32.2. The van der Waals surface area contributed by atoms with Crippen LogP contribution < -0.4 is 4.72 Å². The van der Waals surface area contributed by atoms with E-state index < -0.39 is 38.9 Å². The van der Waals surface area contributed by atoms with Gasteiger partial charge in [0.15, 0.2) is 5.82 Å². The lowest BCUT2D eigenvalue weighted by Gasteiger charge is -2.26. The fraction of sp³-hybridized carbons (Fsp3) is 0.211. The van der Waals surface area contributed by atoms with Crippen molar-refractivity contribution in [3.63, 3.8) is 0 Å². The van der Waals surface area contributed by atoms with Crippen molar-refractivity contribution in [1.82, 2.24) is 14.3 Å². The predicted molar refractivity (Wildman–Crippen MR) is 106 cm³/mol. The molecule has 2 aromatic heterocycles. The Morgan fingerprint density at radius 2 is 2.03 bits per heavy atom. The summed E-state index contributed by atoms with van der Waals surface area (Å²) >= 11 is 0. The average molecular weight is 447 g/mol. The van der Waals surface area contributed by atoms with E-state index in [4.69, 9.17) is 10.00 Å². The third-order valence-corrected chi connectivity index (χ3v) is 6.29. The van der Waals surface area contributed by atoms with Crippen LogP contribution in [0.25, 0.3) is 11.0 Å². The van der Waals surface area contributed by atoms with Gasteiger partial charge in [-0.2, -0.15) is 18.0 Å². The number of benzene rings is 1. The summed E-state index contributed by atoms with van der Waals surface area (Å²) in [4.78, 5) is 19.7. The normalized spacial score (nSPS) is 15.0. The molecule has 31 heavy (non-hydrogen) atoms. The van der Waals surface area contributed by atoms with Crippen molar-refractivity contribution in [2.24, 2.45) is 0 Å². The zero-order valence-corrected chi connectivity index (χ0v) is 16.7. The highest BCUT2D eigenvalue weighted by Crippen LogP contribution is 2.28. The van der Waals surface area contributed by atoms with E-state index >= 15 is 4.39 Å². The maximum atomic E-state index is 15.1. The summed E-state index contributed by atoms with van der Waals surface area (Å²) in [5.41, 5.74) is -1.18. The van der Waals surface area contributed by atoms with E-state index in [0.717, 1.165) is 16.4 Å². The molecule has 0 atom stereocenters. The minimum atomic E-state index is -4.13. The summed E-state index contributed by atoms with van der Waals surface area (Å²) in [6.07, 6.45) is 2.51. The first-order valence-electron chi connectivity index (χ1n) is 9.07. The standard InChI is InChI=1S/C19H15F2N5O4S/c20-14-1-2-15(25-31(28,29)26-3-5-30-6-4-26)17(21)16(14)18(27)13-10-24-19-12(13)7-11(8-22)9-23-19/h1-2,7,9-10,25H,3-6H2,(H,23,24). The number of nitrogens with one attached hydrogen (secondary N) is 2. The van der Waals surface area contributed by atoms with E-state index in [1.165, 1.54) is 18.5 Å². The Balaban J connectivity index is 1.73. The van der Waals surface area contributed by atoms with Crippen molar-refractivity contribution < 1.29 is 26.7 Å². The van der Waals surface area contributed by atoms with Gasteiger partial charge >= 0.3 is 10.2 Å². The van der Waals surface area contributed by atoms with Gasteiger partial charge in [-0.15, -0.1) is 0 Å². The number of ether oxygens (including phenoxy) is 1. The van der Waals surface area contributed by atoms with Crippen molar-refractivity contribution in [3.8, 4) is 6.07 Å². The second kappa shape index (κ2) is 8.03. The number of fused-ring (bicyclic) bond motifs is 1. The number of carbonyl (C=O) groups excluding carboxylic acids is 1. The number of carbonyl (C=O) groups is 1. The van der Waals surface area contributed by atoms with E-state index in [-0.39, 0.29) is 48.5 Å². The van der Waals surface area contributed by atoms with E-state index in [0.29, 0.717) is 0 Å². The fourth-order valence-corrected chi connectivity index (χ4v) is 4.41. The van der Waals surface area contributed by atoms with Gasteiger partial charge < -0.3 is 9.72 Å². The Morgan fingerprint density at radius 1 is 1.29 bits per heavy atom. The van der Waals surface area contributed by atoms with Gasteiger partial charge in [0.2, 0.25) is 5.78 Å². The number of nitriles is 1. The molecule has 0 unspecified atom stereocenters. The molecule has 12 heteroatoms. The van der Waals surface area contributed by atoms with Crippen molar-refractivity contribution in [2.45, 2.75) is 0 Å². The number of halogens is 2. The minimum Gasteiger partial charge on any atom is -0.379 e. The van der Waals surface area contributed by atoms with Crippen LogP contribution in [-0.4, -0.2) is 54.8 Å². The topological polar surface area (TPSA) is 128 Å².